The molecule has 4 rings (SSSR count). The van der Waals surface area contributed by atoms with E-state index in [-0.39, 0.29) is 16.8 Å². The van der Waals surface area contributed by atoms with Crippen molar-refractivity contribution >= 4 is 37.5 Å². The number of aromatic nitrogens is 1. The first-order chi connectivity index (χ1) is 14.8. The number of sulfonamides is 1. The van der Waals surface area contributed by atoms with Crippen molar-refractivity contribution in [2.24, 2.45) is 4.99 Å². The molecule has 0 spiro atoms. The van der Waals surface area contributed by atoms with Crippen LogP contribution in [0.2, 0.25) is 0 Å². The van der Waals surface area contributed by atoms with Gasteiger partial charge in [0.25, 0.3) is 5.91 Å². The second-order valence-electron chi connectivity index (χ2n) is 7.64. The summed E-state index contributed by atoms with van der Waals surface area (Å²) in [5.74, 6) is -0.806. The van der Waals surface area contributed by atoms with Gasteiger partial charge < -0.3 is 4.57 Å². The molecule has 6 nitrogen and oxygen atoms in total. The molecule has 1 aliphatic heterocycles. The Balaban J connectivity index is 1.64. The fourth-order valence-electron chi connectivity index (χ4n) is 3.92. The molecule has 0 aliphatic carbocycles. The van der Waals surface area contributed by atoms with Crippen LogP contribution in [0, 0.1) is 5.82 Å². The molecular formula is C22H24FN3O3S2. The van der Waals surface area contributed by atoms with E-state index in [1.165, 1.54) is 52.0 Å². The molecule has 9 heteroatoms. The van der Waals surface area contributed by atoms with Crippen LogP contribution in [0.3, 0.4) is 0 Å². The number of hydrogen-bond acceptors (Lipinski definition) is 4. The van der Waals surface area contributed by atoms with Crippen LogP contribution in [-0.4, -0.2) is 35.8 Å². The van der Waals surface area contributed by atoms with Crippen molar-refractivity contribution in [2.45, 2.75) is 50.6 Å². The van der Waals surface area contributed by atoms with Gasteiger partial charge >= 0.3 is 0 Å². The number of halogens is 1. The van der Waals surface area contributed by atoms with Gasteiger partial charge in [-0.1, -0.05) is 17.8 Å². The molecule has 1 amide bonds. The third-order valence-electron chi connectivity index (χ3n) is 5.61. The molecule has 0 unspecified atom stereocenters. The number of hydrogen-bond donors (Lipinski definition) is 0. The van der Waals surface area contributed by atoms with E-state index in [9.17, 15) is 17.6 Å². The molecule has 1 aliphatic rings. The van der Waals surface area contributed by atoms with Crippen LogP contribution in [0.25, 0.3) is 10.2 Å². The highest BCUT2D eigenvalue weighted by Crippen LogP contribution is 2.25. The minimum absolute atomic E-state index is 0.0302. The molecule has 0 bridgehead atoms. The predicted octanol–water partition coefficient (Wildman–Crippen LogP) is 4.17. The molecule has 2 heterocycles. The lowest BCUT2D eigenvalue weighted by Gasteiger charge is -2.32. The number of piperidine rings is 1. The number of carbonyl (C=O) groups excluding carboxylic acids is 1. The van der Waals surface area contributed by atoms with Crippen LogP contribution < -0.4 is 4.80 Å². The van der Waals surface area contributed by atoms with E-state index in [0.29, 0.717) is 28.2 Å². The molecule has 0 saturated carbocycles. The zero-order chi connectivity index (χ0) is 22.2. The molecule has 0 radical (unpaired) electrons. The molecule has 164 valence electrons. The van der Waals surface area contributed by atoms with Crippen LogP contribution in [0.1, 0.15) is 43.5 Å². The number of benzene rings is 2. The maximum Gasteiger partial charge on any atom is 0.279 e. The Morgan fingerprint density at radius 3 is 2.61 bits per heavy atom. The van der Waals surface area contributed by atoms with Gasteiger partial charge in [0.15, 0.2) is 4.80 Å². The molecule has 1 fully saturated rings. The van der Waals surface area contributed by atoms with Crippen molar-refractivity contribution < 1.29 is 17.6 Å². The fraction of sp³-hybridized carbons (Fsp3) is 0.364. The molecule has 3 aromatic rings. The average Bonchev–Trinajstić information content (AvgIpc) is 3.09. The first-order valence-electron chi connectivity index (χ1n) is 10.3. The standard InChI is InChI=1S/C22H24FN3O3S2/c1-3-25-19-12-9-17(23)14-20(19)30-22(25)24-21(27)16-7-10-18(11-8-16)31(28,29)26-13-5-4-6-15(26)2/h7-12,14-15H,3-6,13H2,1-2H3/t15-/m1/s1. The molecule has 1 saturated heterocycles. The number of amides is 1. The smallest absolute Gasteiger partial charge is 0.279 e. The Morgan fingerprint density at radius 1 is 1.19 bits per heavy atom. The number of aryl methyl sites for hydroxylation is 1. The van der Waals surface area contributed by atoms with E-state index in [2.05, 4.69) is 4.99 Å². The van der Waals surface area contributed by atoms with Gasteiger partial charge in [-0.05, 0) is 69.2 Å². The Bertz CT molecular complexity index is 1290. The quantitative estimate of drug-likeness (QED) is 0.586. The monoisotopic (exact) mass is 461 g/mol. The summed E-state index contributed by atoms with van der Waals surface area (Å²) in [4.78, 5) is 17.6. The molecule has 1 atom stereocenters. The molecule has 2 aromatic carbocycles. The summed E-state index contributed by atoms with van der Waals surface area (Å²) in [5.41, 5.74) is 1.12. The second-order valence-corrected chi connectivity index (χ2v) is 10.5. The van der Waals surface area contributed by atoms with Gasteiger partial charge in [0.05, 0.1) is 15.1 Å². The van der Waals surface area contributed by atoms with Gasteiger partial charge in [0.1, 0.15) is 5.82 Å². The maximum absolute atomic E-state index is 13.5. The Labute approximate surface area is 184 Å². The van der Waals surface area contributed by atoms with Crippen LogP contribution in [0.4, 0.5) is 4.39 Å². The van der Waals surface area contributed by atoms with Gasteiger partial charge in [-0.25, -0.2) is 12.8 Å². The minimum Gasteiger partial charge on any atom is -0.317 e. The highest BCUT2D eigenvalue weighted by Gasteiger charge is 2.30. The van der Waals surface area contributed by atoms with Crippen LogP contribution >= 0.6 is 11.3 Å². The van der Waals surface area contributed by atoms with E-state index in [0.717, 1.165) is 24.8 Å². The maximum atomic E-state index is 13.5. The Morgan fingerprint density at radius 2 is 1.94 bits per heavy atom. The Hall–Kier alpha value is -2.36. The summed E-state index contributed by atoms with van der Waals surface area (Å²) in [6.07, 6.45) is 2.74. The molecule has 0 N–H and O–H groups in total. The van der Waals surface area contributed by atoms with E-state index in [1.807, 2.05) is 18.4 Å². The van der Waals surface area contributed by atoms with E-state index in [1.54, 1.807) is 6.07 Å². The number of fused-ring (bicyclic) bond motifs is 1. The van der Waals surface area contributed by atoms with Crippen molar-refractivity contribution in [1.82, 2.24) is 8.87 Å². The van der Waals surface area contributed by atoms with Crippen LogP contribution in [0.15, 0.2) is 52.4 Å². The topological polar surface area (TPSA) is 71.7 Å². The Kier molecular flexibility index (Phi) is 6.09. The second kappa shape index (κ2) is 8.64. The lowest BCUT2D eigenvalue weighted by Crippen LogP contribution is -2.41. The van der Waals surface area contributed by atoms with Gasteiger partial charge in [-0.15, -0.1) is 0 Å². The highest BCUT2D eigenvalue weighted by molar-refractivity contribution is 7.89. The predicted molar refractivity (Wildman–Crippen MR) is 119 cm³/mol. The fourth-order valence-corrected chi connectivity index (χ4v) is 6.74. The highest BCUT2D eigenvalue weighted by atomic mass is 32.2. The first kappa shape index (κ1) is 21.9. The largest absolute Gasteiger partial charge is 0.317 e. The third kappa shape index (κ3) is 4.22. The normalized spacial score (nSPS) is 18.5. The van der Waals surface area contributed by atoms with Gasteiger partial charge in [-0.2, -0.15) is 9.30 Å². The zero-order valence-corrected chi connectivity index (χ0v) is 19.0. The van der Waals surface area contributed by atoms with E-state index in [4.69, 9.17) is 0 Å². The van der Waals surface area contributed by atoms with Crippen molar-refractivity contribution in [2.75, 3.05) is 6.54 Å². The van der Waals surface area contributed by atoms with Crippen molar-refractivity contribution in [3.8, 4) is 0 Å². The van der Waals surface area contributed by atoms with Crippen molar-refractivity contribution in [3.05, 3.63) is 58.6 Å². The van der Waals surface area contributed by atoms with Gasteiger partial charge in [0, 0.05) is 24.7 Å². The summed E-state index contributed by atoms with van der Waals surface area (Å²) in [6, 6.07) is 10.4. The van der Waals surface area contributed by atoms with Gasteiger partial charge in [-0.3, -0.25) is 4.79 Å². The first-order valence-corrected chi connectivity index (χ1v) is 12.6. The van der Waals surface area contributed by atoms with Gasteiger partial charge in [0.2, 0.25) is 10.0 Å². The zero-order valence-electron chi connectivity index (χ0n) is 17.4. The lowest BCUT2D eigenvalue weighted by molar-refractivity contribution is 0.0997. The van der Waals surface area contributed by atoms with Crippen molar-refractivity contribution in [3.63, 3.8) is 0 Å². The molecule has 1 aromatic heterocycles. The van der Waals surface area contributed by atoms with E-state index >= 15 is 0 Å². The summed E-state index contributed by atoms with van der Waals surface area (Å²) in [7, 11) is -3.59. The van der Waals surface area contributed by atoms with Crippen LogP contribution in [-0.2, 0) is 16.6 Å². The number of nitrogens with zero attached hydrogens (tertiary/aromatic N) is 3. The minimum atomic E-state index is -3.59. The summed E-state index contributed by atoms with van der Waals surface area (Å²) < 4.78 is 43.6. The summed E-state index contributed by atoms with van der Waals surface area (Å²) in [6.45, 7) is 4.96. The summed E-state index contributed by atoms with van der Waals surface area (Å²) >= 11 is 1.24. The lowest BCUT2D eigenvalue weighted by atomic mass is 10.1. The third-order valence-corrected chi connectivity index (χ3v) is 8.68. The average molecular weight is 462 g/mol. The number of thiazole rings is 1. The van der Waals surface area contributed by atoms with Crippen LogP contribution in [0.5, 0.6) is 0 Å². The molecular weight excluding hydrogens is 437 g/mol. The SMILES string of the molecule is CCn1c(=NC(=O)c2ccc(S(=O)(=O)N3CCCC[C@H]3C)cc2)sc2cc(F)ccc21. The number of carbonyl (C=O) groups is 1. The number of rotatable bonds is 4. The summed E-state index contributed by atoms with van der Waals surface area (Å²) in [5, 5.41) is 0. The molecule has 31 heavy (non-hydrogen) atoms. The van der Waals surface area contributed by atoms with Crippen molar-refractivity contribution in [1.29, 1.82) is 0 Å². The van der Waals surface area contributed by atoms with E-state index < -0.39 is 15.9 Å².